The summed E-state index contributed by atoms with van der Waals surface area (Å²) in [6, 6.07) is 17.5. The number of hydrogen-bond acceptors (Lipinski definition) is 1. The molecule has 2 heteroatoms. The summed E-state index contributed by atoms with van der Waals surface area (Å²) in [6.07, 6.45) is 1.01. The van der Waals surface area contributed by atoms with Crippen LogP contribution in [-0.2, 0) is 6.42 Å². The first-order valence-electron chi connectivity index (χ1n) is 7.11. The Hall–Kier alpha value is -1.31. The lowest BCUT2D eigenvalue weighted by Crippen LogP contribution is -2.30. The van der Waals surface area contributed by atoms with Crippen LogP contribution in [0.5, 0.6) is 0 Å². The molecule has 1 nitrogen and oxygen atoms in total. The Balaban J connectivity index is 1.93. The van der Waals surface area contributed by atoms with Crippen molar-refractivity contribution in [1.82, 2.24) is 5.32 Å². The Morgan fingerprint density at radius 1 is 1.05 bits per heavy atom. The van der Waals surface area contributed by atoms with Crippen molar-refractivity contribution in [1.29, 1.82) is 0 Å². The van der Waals surface area contributed by atoms with Gasteiger partial charge in [-0.3, -0.25) is 0 Å². The molecular formula is C18H22ClN. The van der Waals surface area contributed by atoms with Crippen molar-refractivity contribution in [3.8, 4) is 0 Å². The maximum Gasteiger partial charge on any atom is 0.0406 e. The van der Waals surface area contributed by atoms with E-state index in [2.05, 4.69) is 62.5 Å². The molecule has 0 amide bonds. The van der Waals surface area contributed by atoms with Crippen molar-refractivity contribution >= 4 is 11.6 Å². The molecule has 2 unspecified atom stereocenters. The molecular weight excluding hydrogens is 266 g/mol. The summed E-state index contributed by atoms with van der Waals surface area (Å²) in [6.45, 7) is 6.57. The molecule has 0 aliphatic heterocycles. The second kappa shape index (κ2) is 6.92. The van der Waals surface area contributed by atoms with E-state index in [1.165, 1.54) is 16.7 Å². The first-order chi connectivity index (χ1) is 9.54. The van der Waals surface area contributed by atoms with Crippen LogP contribution in [0.4, 0.5) is 0 Å². The lowest BCUT2D eigenvalue weighted by atomic mass is 10.0. The SMILES string of the molecule is Cc1cccc(C(C)NC(C)Cc2ccc(Cl)cc2)c1. The number of halogens is 1. The fourth-order valence-electron chi connectivity index (χ4n) is 2.50. The van der Waals surface area contributed by atoms with Gasteiger partial charge in [0.25, 0.3) is 0 Å². The minimum atomic E-state index is 0.359. The molecule has 2 aromatic carbocycles. The van der Waals surface area contributed by atoms with Crippen molar-refractivity contribution < 1.29 is 0 Å². The molecule has 0 saturated carbocycles. The van der Waals surface area contributed by atoms with Gasteiger partial charge in [-0.15, -0.1) is 0 Å². The van der Waals surface area contributed by atoms with Gasteiger partial charge < -0.3 is 5.32 Å². The molecule has 0 aromatic heterocycles. The van der Waals surface area contributed by atoms with Gasteiger partial charge in [-0.1, -0.05) is 53.6 Å². The molecule has 1 N–H and O–H groups in total. The third-order valence-corrected chi connectivity index (χ3v) is 3.78. The van der Waals surface area contributed by atoms with Gasteiger partial charge in [-0.2, -0.15) is 0 Å². The summed E-state index contributed by atoms with van der Waals surface area (Å²) in [7, 11) is 0. The normalized spacial score (nSPS) is 14.0. The topological polar surface area (TPSA) is 12.0 Å². The molecule has 2 rings (SSSR count). The summed E-state index contributed by atoms with van der Waals surface area (Å²) >= 11 is 5.91. The van der Waals surface area contributed by atoms with E-state index in [1.807, 2.05) is 12.1 Å². The summed E-state index contributed by atoms with van der Waals surface area (Å²) < 4.78 is 0. The number of benzene rings is 2. The number of aryl methyl sites for hydroxylation is 1. The van der Waals surface area contributed by atoms with Gasteiger partial charge in [0.2, 0.25) is 0 Å². The second-order valence-corrected chi connectivity index (χ2v) is 5.97. The van der Waals surface area contributed by atoms with Crippen molar-refractivity contribution in [2.45, 2.75) is 39.3 Å². The van der Waals surface area contributed by atoms with Crippen LogP contribution < -0.4 is 5.32 Å². The maximum atomic E-state index is 5.91. The Morgan fingerprint density at radius 2 is 1.75 bits per heavy atom. The zero-order valence-corrected chi connectivity index (χ0v) is 13.1. The molecule has 0 spiro atoms. The predicted octanol–water partition coefficient (Wildman–Crippen LogP) is 4.93. The largest absolute Gasteiger partial charge is 0.307 e. The monoisotopic (exact) mass is 287 g/mol. The Labute approximate surface area is 127 Å². The zero-order valence-electron chi connectivity index (χ0n) is 12.4. The standard InChI is InChI=1S/C18H22ClN/c1-13-5-4-6-17(11-13)15(3)20-14(2)12-16-7-9-18(19)10-8-16/h4-11,14-15,20H,12H2,1-3H3. The van der Waals surface area contributed by atoms with E-state index < -0.39 is 0 Å². The van der Waals surface area contributed by atoms with E-state index in [1.54, 1.807) is 0 Å². The van der Waals surface area contributed by atoms with Gasteiger partial charge in [-0.25, -0.2) is 0 Å². The molecule has 0 heterocycles. The highest BCUT2D eigenvalue weighted by molar-refractivity contribution is 6.30. The highest BCUT2D eigenvalue weighted by atomic mass is 35.5. The quantitative estimate of drug-likeness (QED) is 0.822. The smallest absolute Gasteiger partial charge is 0.0406 e. The maximum absolute atomic E-state index is 5.91. The van der Waals surface area contributed by atoms with E-state index in [4.69, 9.17) is 11.6 Å². The summed E-state index contributed by atoms with van der Waals surface area (Å²) in [5, 5.41) is 4.45. The summed E-state index contributed by atoms with van der Waals surface area (Å²) in [5.41, 5.74) is 3.96. The van der Waals surface area contributed by atoms with E-state index in [0.717, 1.165) is 11.4 Å². The van der Waals surface area contributed by atoms with Crippen LogP contribution in [0.25, 0.3) is 0 Å². The summed E-state index contributed by atoms with van der Waals surface area (Å²) in [5.74, 6) is 0. The number of hydrogen-bond donors (Lipinski definition) is 1. The van der Waals surface area contributed by atoms with Crippen LogP contribution in [0, 0.1) is 6.92 Å². The molecule has 20 heavy (non-hydrogen) atoms. The Bertz CT molecular complexity index is 548. The first kappa shape index (κ1) is 15.1. The third-order valence-electron chi connectivity index (χ3n) is 3.53. The van der Waals surface area contributed by atoms with Gasteiger partial charge in [0, 0.05) is 17.1 Å². The molecule has 0 aliphatic carbocycles. The minimum Gasteiger partial charge on any atom is -0.307 e. The Kier molecular flexibility index (Phi) is 5.22. The van der Waals surface area contributed by atoms with Crippen molar-refractivity contribution in [3.05, 3.63) is 70.2 Å². The van der Waals surface area contributed by atoms with Crippen molar-refractivity contribution in [3.63, 3.8) is 0 Å². The molecule has 0 aliphatic rings. The summed E-state index contributed by atoms with van der Waals surface area (Å²) in [4.78, 5) is 0. The fraction of sp³-hybridized carbons (Fsp3) is 0.333. The van der Waals surface area contributed by atoms with Crippen LogP contribution in [0.15, 0.2) is 48.5 Å². The fourth-order valence-corrected chi connectivity index (χ4v) is 2.62. The van der Waals surface area contributed by atoms with Gasteiger partial charge in [-0.05, 0) is 50.5 Å². The molecule has 2 aromatic rings. The van der Waals surface area contributed by atoms with E-state index >= 15 is 0 Å². The predicted molar refractivity (Wildman–Crippen MR) is 87.3 cm³/mol. The minimum absolute atomic E-state index is 0.359. The highest BCUT2D eigenvalue weighted by Crippen LogP contribution is 2.16. The first-order valence-corrected chi connectivity index (χ1v) is 7.49. The average Bonchev–Trinajstić information content (AvgIpc) is 2.41. The van der Waals surface area contributed by atoms with Crippen molar-refractivity contribution in [2.24, 2.45) is 0 Å². The van der Waals surface area contributed by atoms with Gasteiger partial charge in [0.1, 0.15) is 0 Å². The van der Waals surface area contributed by atoms with E-state index in [9.17, 15) is 0 Å². The molecule has 0 fully saturated rings. The highest BCUT2D eigenvalue weighted by Gasteiger charge is 2.10. The van der Waals surface area contributed by atoms with Crippen LogP contribution in [-0.4, -0.2) is 6.04 Å². The second-order valence-electron chi connectivity index (χ2n) is 5.53. The van der Waals surface area contributed by atoms with Crippen LogP contribution in [0.2, 0.25) is 5.02 Å². The zero-order chi connectivity index (χ0) is 14.5. The van der Waals surface area contributed by atoms with Crippen LogP contribution in [0.1, 0.15) is 36.6 Å². The van der Waals surface area contributed by atoms with Gasteiger partial charge >= 0.3 is 0 Å². The third kappa shape index (κ3) is 4.36. The van der Waals surface area contributed by atoms with E-state index in [0.29, 0.717) is 12.1 Å². The lowest BCUT2D eigenvalue weighted by Gasteiger charge is -2.21. The van der Waals surface area contributed by atoms with Crippen molar-refractivity contribution in [2.75, 3.05) is 0 Å². The van der Waals surface area contributed by atoms with E-state index in [-0.39, 0.29) is 0 Å². The molecule has 106 valence electrons. The molecule has 2 atom stereocenters. The van der Waals surface area contributed by atoms with Gasteiger partial charge in [0.15, 0.2) is 0 Å². The average molecular weight is 288 g/mol. The molecule has 0 radical (unpaired) electrons. The Morgan fingerprint density at radius 3 is 2.40 bits per heavy atom. The lowest BCUT2D eigenvalue weighted by molar-refractivity contribution is 0.477. The molecule has 0 saturated heterocycles. The van der Waals surface area contributed by atoms with Crippen LogP contribution in [0.3, 0.4) is 0 Å². The van der Waals surface area contributed by atoms with Crippen LogP contribution >= 0.6 is 11.6 Å². The number of rotatable bonds is 5. The molecule has 0 bridgehead atoms. The number of nitrogens with one attached hydrogen (secondary N) is 1. The van der Waals surface area contributed by atoms with Gasteiger partial charge in [0.05, 0.1) is 0 Å².